The molecule has 3 N–H and O–H groups in total. The number of carbonyl (C=O) groups is 1. The number of rotatable bonds is 7. The maximum absolute atomic E-state index is 12.3. The van der Waals surface area contributed by atoms with E-state index in [1.165, 1.54) is 36.0 Å². The molecule has 140 valence electrons. The normalized spacial score (nSPS) is 17.3. The summed E-state index contributed by atoms with van der Waals surface area (Å²) in [7, 11) is -3.64. The van der Waals surface area contributed by atoms with Crippen LogP contribution < -0.4 is 10.0 Å². The topological polar surface area (TPSA) is 126 Å². The third-order valence-corrected chi connectivity index (χ3v) is 5.82. The van der Waals surface area contributed by atoms with E-state index in [2.05, 4.69) is 25.2 Å². The molecule has 2 heterocycles. The SMILES string of the molecule is CSc1n[nH]c(NC(=O)c2ccc(S(=O)(=O)NCC3CCCO3)cc2)n1. The van der Waals surface area contributed by atoms with Crippen molar-refractivity contribution in [1.29, 1.82) is 0 Å². The molecule has 1 unspecified atom stereocenters. The third kappa shape index (κ3) is 4.61. The predicted octanol–water partition coefficient (Wildman–Crippen LogP) is 1.24. The number of nitrogens with one attached hydrogen (secondary N) is 3. The van der Waals surface area contributed by atoms with E-state index in [0.29, 0.717) is 17.3 Å². The first-order valence-electron chi connectivity index (χ1n) is 7.97. The number of sulfonamides is 1. The van der Waals surface area contributed by atoms with Crippen LogP contribution in [-0.2, 0) is 14.8 Å². The Kier molecular flexibility index (Phi) is 5.91. The van der Waals surface area contributed by atoms with Crippen LogP contribution in [-0.4, -0.2) is 55.0 Å². The van der Waals surface area contributed by atoms with Gasteiger partial charge in [0.25, 0.3) is 5.91 Å². The molecule has 0 saturated carbocycles. The summed E-state index contributed by atoms with van der Waals surface area (Å²) in [6.45, 7) is 0.910. The number of benzene rings is 1. The number of hydrogen-bond acceptors (Lipinski definition) is 7. The largest absolute Gasteiger partial charge is 0.377 e. The summed E-state index contributed by atoms with van der Waals surface area (Å²) in [4.78, 5) is 16.3. The predicted molar refractivity (Wildman–Crippen MR) is 96.7 cm³/mol. The number of nitrogens with zero attached hydrogens (tertiary/aromatic N) is 2. The van der Waals surface area contributed by atoms with Crippen LogP contribution in [0.1, 0.15) is 23.2 Å². The van der Waals surface area contributed by atoms with Crippen molar-refractivity contribution in [3.8, 4) is 0 Å². The molecule has 9 nitrogen and oxygen atoms in total. The molecule has 2 aromatic rings. The molecule has 1 aliphatic rings. The van der Waals surface area contributed by atoms with E-state index in [9.17, 15) is 13.2 Å². The Bertz CT molecular complexity index is 860. The van der Waals surface area contributed by atoms with Gasteiger partial charge >= 0.3 is 0 Å². The van der Waals surface area contributed by atoms with Crippen LogP contribution >= 0.6 is 11.8 Å². The lowest BCUT2D eigenvalue weighted by molar-refractivity contribution is 0.102. The molecule has 1 aliphatic heterocycles. The molecule has 1 aromatic carbocycles. The molecular weight excluding hydrogens is 378 g/mol. The second-order valence-corrected chi connectivity index (χ2v) is 8.18. The third-order valence-electron chi connectivity index (χ3n) is 3.83. The molecule has 0 aliphatic carbocycles. The van der Waals surface area contributed by atoms with E-state index < -0.39 is 15.9 Å². The number of aromatic amines is 1. The molecule has 0 spiro atoms. The molecule has 1 saturated heterocycles. The molecule has 0 radical (unpaired) electrons. The monoisotopic (exact) mass is 397 g/mol. The van der Waals surface area contributed by atoms with Crippen LogP contribution in [0.3, 0.4) is 0 Å². The molecule has 26 heavy (non-hydrogen) atoms. The fourth-order valence-electron chi connectivity index (χ4n) is 2.45. The Hall–Kier alpha value is -1.95. The van der Waals surface area contributed by atoms with E-state index in [-0.39, 0.29) is 23.5 Å². The summed E-state index contributed by atoms with van der Waals surface area (Å²) < 4.78 is 32.6. The van der Waals surface area contributed by atoms with Gasteiger partial charge in [0.05, 0.1) is 11.0 Å². The van der Waals surface area contributed by atoms with Gasteiger partial charge in [0.1, 0.15) is 0 Å². The van der Waals surface area contributed by atoms with E-state index in [0.717, 1.165) is 12.8 Å². The van der Waals surface area contributed by atoms with Crippen molar-refractivity contribution in [1.82, 2.24) is 19.9 Å². The highest BCUT2D eigenvalue weighted by Gasteiger charge is 2.20. The zero-order valence-electron chi connectivity index (χ0n) is 14.1. The summed E-state index contributed by atoms with van der Waals surface area (Å²) in [6, 6.07) is 5.67. The van der Waals surface area contributed by atoms with Crippen molar-refractivity contribution < 1.29 is 17.9 Å². The summed E-state index contributed by atoms with van der Waals surface area (Å²) in [5.41, 5.74) is 0.310. The van der Waals surface area contributed by atoms with Gasteiger partial charge in [0, 0.05) is 18.7 Å². The maximum atomic E-state index is 12.3. The number of ether oxygens (including phenoxy) is 1. The van der Waals surface area contributed by atoms with Crippen molar-refractivity contribution in [3.05, 3.63) is 29.8 Å². The van der Waals surface area contributed by atoms with Gasteiger partial charge in [-0.1, -0.05) is 11.8 Å². The lowest BCUT2D eigenvalue weighted by Crippen LogP contribution is -2.31. The summed E-state index contributed by atoms with van der Waals surface area (Å²) in [5.74, 6) is -0.181. The number of aromatic nitrogens is 3. The molecule has 1 aromatic heterocycles. The van der Waals surface area contributed by atoms with Crippen molar-refractivity contribution in [2.45, 2.75) is 29.0 Å². The van der Waals surface area contributed by atoms with Crippen LogP contribution in [0.2, 0.25) is 0 Å². The molecule has 1 atom stereocenters. The molecule has 3 rings (SSSR count). The minimum absolute atomic E-state index is 0.0806. The van der Waals surface area contributed by atoms with Crippen LogP contribution in [0.4, 0.5) is 5.95 Å². The van der Waals surface area contributed by atoms with Gasteiger partial charge in [-0.3, -0.25) is 10.1 Å². The van der Waals surface area contributed by atoms with Gasteiger partial charge in [-0.25, -0.2) is 18.2 Å². The van der Waals surface area contributed by atoms with Gasteiger partial charge in [-0.15, -0.1) is 5.10 Å². The van der Waals surface area contributed by atoms with Gasteiger partial charge in [0.2, 0.25) is 21.1 Å². The van der Waals surface area contributed by atoms with Gasteiger partial charge in [-0.2, -0.15) is 4.98 Å². The second kappa shape index (κ2) is 8.16. The average Bonchev–Trinajstić information content (AvgIpc) is 3.32. The maximum Gasteiger partial charge on any atom is 0.258 e. The smallest absolute Gasteiger partial charge is 0.258 e. The van der Waals surface area contributed by atoms with Gasteiger partial charge < -0.3 is 4.74 Å². The summed E-state index contributed by atoms with van der Waals surface area (Å²) >= 11 is 1.34. The minimum atomic E-state index is -3.64. The highest BCUT2D eigenvalue weighted by Crippen LogP contribution is 2.15. The number of hydrogen-bond donors (Lipinski definition) is 3. The van der Waals surface area contributed by atoms with E-state index >= 15 is 0 Å². The highest BCUT2D eigenvalue weighted by molar-refractivity contribution is 7.98. The molecule has 0 bridgehead atoms. The van der Waals surface area contributed by atoms with Crippen molar-refractivity contribution in [2.75, 3.05) is 24.7 Å². The van der Waals surface area contributed by atoms with Crippen LogP contribution in [0, 0.1) is 0 Å². The number of amides is 1. The fourth-order valence-corrected chi connectivity index (χ4v) is 3.84. The Balaban J connectivity index is 1.62. The number of H-pyrrole nitrogens is 1. The highest BCUT2D eigenvalue weighted by atomic mass is 32.2. The summed E-state index contributed by atoms with van der Waals surface area (Å²) in [5, 5.41) is 9.58. The Morgan fingerprint density at radius 3 is 2.77 bits per heavy atom. The number of thioether (sulfide) groups is 1. The molecule has 1 amide bonds. The second-order valence-electron chi connectivity index (χ2n) is 5.64. The van der Waals surface area contributed by atoms with Crippen molar-refractivity contribution in [2.24, 2.45) is 0 Å². The van der Waals surface area contributed by atoms with E-state index in [1.54, 1.807) is 0 Å². The minimum Gasteiger partial charge on any atom is -0.377 e. The number of anilines is 1. The molecule has 11 heteroatoms. The molecule has 1 fully saturated rings. The average molecular weight is 397 g/mol. The zero-order chi connectivity index (χ0) is 18.6. The summed E-state index contributed by atoms with van der Waals surface area (Å²) in [6.07, 6.45) is 3.53. The van der Waals surface area contributed by atoms with Crippen molar-refractivity contribution >= 4 is 33.6 Å². The quantitative estimate of drug-likeness (QED) is 0.600. The first-order chi connectivity index (χ1) is 12.5. The Morgan fingerprint density at radius 1 is 1.38 bits per heavy atom. The number of carbonyl (C=O) groups excluding carboxylic acids is 1. The van der Waals surface area contributed by atoms with Gasteiger partial charge in [-0.05, 0) is 43.4 Å². The van der Waals surface area contributed by atoms with Crippen molar-refractivity contribution in [3.63, 3.8) is 0 Å². The zero-order valence-corrected chi connectivity index (χ0v) is 15.7. The van der Waals surface area contributed by atoms with E-state index in [4.69, 9.17) is 4.74 Å². The standard InChI is InChI=1S/C15H19N5O4S2/c1-25-15-18-14(19-20-15)17-13(21)10-4-6-12(7-5-10)26(22,23)16-9-11-3-2-8-24-11/h4-7,11,16H,2-3,8-9H2,1H3,(H2,17,18,19,20,21). The first kappa shape index (κ1) is 18.8. The lowest BCUT2D eigenvalue weighted by Gasteiger charge is -2.11. The van der Waals surface area contributed by atoms with Crippen LogP contribution in [0.25, 0.3) is 0 Å². The van der Waals surface area contributed by atoms with Crippen LogP contribution in [0.15, 0.2) is 34.3 Å². The Labute approximate surface area is 155 Å². The van der Waals surface area contributed by atoms with Gasteiger partial charge in [0.15, 0.2) is 0 Å². The lowest BCUT2D eigenvalue weighted by atomic mass is 10.2. The van der Waals surface area contributed by atoms with Crippen LogP contribution in [0.5, 0.6) is 0 Å². The molecular formula is C15H19N5O4S2. The fraction of sp³-hybridized carbons (Fsp3) is 0.400. The van der Waals surface area contributed by atoms with E-state index in [1.807, 2.05) is 6.26 Å². The Morgan fingerprint density at radius 2 is 2.15 bits per heavy atom. The first-order valence-corrected chi connectivity index (χ1v) is 10.7.